The van der Waals surface area contributed by atoms with E-state index in [1.165, 1.54) is 6.20 Å². The molecule has 1 aromatic heterocycles. The van der Waals surface area contributed by atoms with Gasteiger partial charge in [0.15, 0.2) is 0 Å². The van der Waals surface area contributed by atoms with Crippen LogP contribution in [0.3, 0.4) is 0 Å². The van der Waals surface area contributed by atoms with E-state index in [0.29, 0.717) is 30.3 Å². The average molecular weight is 238 g/mol. The van der Waals surface area contributed by atoms with E-state index in [9.17, 15) is 4.79 Å². The molecule has 1 amide bonds. The van der Waals surface area contributed by atoms with Crippen LogP contribution in [0.4, 0.5) is 0 Å². The van der Waals surface area contributed by atoms with Gasteiger partial charge in [-0.3, -0.25) is 4.79 Å². The van der Waals surface area contributed by atoms with Gasteiger partial charge in [-0.25, -0.2) is 0 Å². The van der Waals surface area contributed by atoms with Gasteiger partial charge in [0.25, 0.3) is 5.91 Å². The summed E-state index contributed by atoms with van der Waals surface area (Å²) in [5, 5.41) is 12.2. The van der Waals surface area contributed by atoms with Crippen molar-refractivity contribution in [1.82, 2.24) is 14.5 Å². The van der Waals surface area contributed by atoms with Crippen LogP contribution in [0.1, 0.15) is 29.9 Å². The van der Waals surface area contributed by atoms with Crippen molar-refractivity contribution in [3.8, 4) is 6.07 Å². The van der Waals surface area contributed by atoms with Crippen molar-refractivity contribution in [3.63, 3.8) is 0 Å². The van der Waals surface area contributed by atoms with E-state index < -0.39 is 0 Å². The molecule has 0 aromatic carbocycles. The maximum atomic E-state index is 12.0. The van der Waals surface area contributed by atoms with Crippen LogP contribution in [0.5, 0.6) is 0 Å². The fourth-order valence-corrected chi connectivity index (χ4v) is 1.80. The third-order valence-electron chi connectivity index (χ3n) is 1.94. The third-order valence-corrected chi connectivity index (χ3v) is 2.59. The van der Waals surface area contributed by atoms with Crippen LogP contribution in [0.25, 0.3) is 0 Å². The predicted octanol–water partition coefficient (Wildman–Crippen LogP) is 1.55. The molecule has 16 heavy (non-hydrogen) atoms. The lowest BCUT2D eigenvalue weighted by atomic mass is 10.2. The molecule has 0 unspecified atom stereocenters. The second-order valence-corrected chi connectivity index (χ2v) is 4.62. The summed E-state index contributed by atoms with van der Waals surface area (Å²) in [4.78, 5) is 14.2. The van der Waals surface area contributed by atoms with Gasteiger partial charge in [-0.05, 0) is 17.5 Å². The van der Waals surface area contributed by atoms with E-state index >= 15 is 0 Å². The minimum Gasteiger partial charge on any atom is -0.337 e. The van der Waals surface area contributed by atoms with Crippen molar-refractivity contribution >= 4 is 17.4 Å². The molecule has 1 heterocycles. The number of aromatic nitrogens is 2. The molecule has 6 heteroatoms. The molecular weight excluding hydrogens is 224 g/mol. The van der Waals surface area contributed by atoms with Crippen molar-refractivity contribution in [2.45, 2.75) is 20.3 Å². The summed E-state index contributed by atoms with van der Waals surface area (Å²) in [6.45, 7) is 5.19. The average Bonchev–Trinajstić information content (AvgIpc) is 2.76. The van der Waals surface area contributed by atoms with Gasteiger partial charge < -0.3 is 4.90 Å². The highest BCUT2D eigenvalue weighted by Crippen LogP contribution is 2.10. The quantitative estimate of drug-likeness (QED) is 0.780. The normalized spacial score (nSPS) is 10.1. The largest absolute Gasteiger partial charge is 0.337 e. The Morgan fingerprint density at radius 3 is 2.94 bits per heavy atom. The van der Waals surface area contributed by atoms with Crippen molar-refractivity contribution in [2.24, 2.45) is 5.92 Å². The number of rotatable bonds is 5. The molecule has 0 bridgehead atoms. The van der Waals surface area contributed by atoms with Crippen LogP contribution in [-0.2, 0) is 0 Å². The van der Waals surface area contributed by atoms with Crippen molar-refractivity contribution in [3.05, 3.63) is 11.1 Å². The summed E-state index contributed by atoms with van der Waals surface area (Å²) in [6.07, 6.45) is 1.82. The molecule has 0 aliphatic carbocycles. The Kier molecular flexibility index (Phi) is 4.86. The Labute approximate surface area is 98.9 Å². The van der Waals surface area contributed by atoms with Crippen LogP contribution in [0.15, 0.2) is 6.20 Å². The smallest absolute Gasteiger partial charge is 0.267 e. The van der Waals surface area contributed by atoms with E-state index in [1.54, 1.807) is 4.90 Å². The number of hydrogen-bond acceptors (Lipinski definition) is 5. The van der Waals surface area contributed by atoms with Gasteiger partial charge in [0, 0.05) is 13.1 Å². The van der Waals surface area contributed by atoms with Gasteiger partial charge in [0.2, 0.25) is 0 Å². The fourth-order valence-electron chi connectivity index (χ4n) is 1.32. The maximum absolute atomic E-state index is 12.0. The highest BCUT2D eigenvalue weighted by molar-refractivity contribution is 7.07. The number of nitrogens with zero attached hydrogens (tertiary/aromatic N) is 4. The van der Waals surface area contributed by atoms with Crippen LogP contribution >= 0.6 is 11.5 Å². The second kappa shape index (κ2) is 6.18. The zero-order valence-corrected chi connectivity index (χ0v) is 10.2. The number of carbonyl (C=O) groups excluding carboxylic acids is 1. The third kappa shape index (κ3) is 3.59. The summed E-state index contributed by atoms with van der Waals surface area (Å²) in [5.41, 5.74) is 0. The number of nitriles is 1. The van der Waals surface area contributed by atoms with Crippen LogP contribution in [0, 0.1) is 17.2 Å². The molecule has 86 valence electrons. The van der Waals surface area contributed by atoms with Gasteiger partial charge in [-0.15, -0.1) is 5.10 Å². The molecule has 0 aliphatic heterocycles. The molecule has 5 nitrogen and oxygen atoms in total. The molecule has 0 N–H and O–H groups in total. The summed E-state index contributed by atoms with van der Waals surface area (Å²) in [6, 6.07) is 2.05. The molecule has 0 fully saturated rings. The van der Waals surface area contributed by atoms with E-state index in [2.05, 4.69) is 9.59 Å². The van der Waals surface area contributed by atoms with Crippen molar-refractivity contribution in [2.75, 3.05) is 13.1 Å². The molecule has 0 saturated carbocycles. The standard InChI is InChI=1S/C10H14N4OS/c1-8(2)7-14(5-3-4-11)10(15)9-6-12-13-16-9/h6,8H,3,5,7H2,1-2H3. The van der Waals surface area contributed by atoms with Gasteiger partial charge in [-0.1, -0.05) is 18.3 Å². The lowest BCUT2D eigenvalue weighted by Gasteiger charge is -2.22. The summed E-state index contributed by atoms with van der Waals surface area (Å²) < 4.78 is 3.66. The monoisotopic (exact) mass is 238 g/mol. The highest BCUT2D eigenvalue weighted by Gasteiger charge is 2.18. The first-order valence-electron chi connectivity index (χ1n) is 5.08. The fraction of sp³-hybridized carbons (Fsp3) is 0.600. The van der Waals surface area contributed by atoms with Crippen molar-refractivity contribution in [1.29, 1.82) is 5.26 Å². The molecule has 0 saturated heterocycles. The minimum absolute atomic E-state index is 0.0843. The number of amides is 1. The highest BCUT2D eigenvalue weighted by atomic mass is 32.1. The van der Waals surface area contributed by atoms with Gasteiger partial charge in [-0.2, -0.15) is 5.26 Å². The molecule has 1 rings (SSSR count). The van der Waals surface area contributed by atoms with Crippen molar-refractivity contribution < 1.29 is 4.79 Å². The maximum Gasteiger partial charge on any atom is 0.267 e. The van der Waals surface area contributed by atoms with Crippen LogP contribution in [0.2, 0.25) is 0 Å². The topological polar surface area (TPSA) is 69.9 Å². The van der Waals surface area contributed by atoms with E-state index in [1.807, 2.05) is 19.9 Å². The Bertz CT molecular complexity index is 369. The lowest BCUT2D eigenvalue weighted by molar-refractivity contribution is 0.0744. The molecule has 1 aromatic rings. The number of carbonyl (C=O) groups is 1. The van der Waals surface area contributed by atoms with Crippen LogP contribution < -0.4 is 0 Å². The Balaban J connectivity index is 2.68. The van der Waals surface area contributed by atoms with E-state index in [0.717, 1.165) is 11.5 Å². The first kappa shape index (κ1) is 12.6. The van der Waals surface area contributed by atoms with Gasteiger partial charge in [0.05, 0.1) is 18.7 Å². The second-order valence-electron chi connectivity index (χ2n) is 3.83. The van der Waals surface area contributed by atoms with Gasteiger partial charge in [0.1, 0.15) is 4.88 Å². The summed E-state index contributed by atoms with van der Waals surface area (Å²) >= 11 is 1.08. The van der Waals surface area contributed by atoms with Crippen LogP contribution in [-0.4, -0.2) is 33.5 Å². The minimum atomic E-state index is -0.0843. The Morgan fingerprint density at radius 2 is 2.44 bits per heavy atom. The molecule has 0 aliphatic rings. The van der Waals surface area contributed by atoms with E-state index in [4.69, 9.17) is 5.26 Å². The van der Waals surface area contributed by atoms with E-state index in [-0.39, 0.29) is 5.91 Å². The molecular formula is C10H14N4OS. The first-order chi connectivity index (χ1) is 7.65. The molecule has 0 atom stereocenters. The zero-order valence-electron chi connectivity index (χ0n) is 9.38. The first-order valence-corrected chi connectivity index (χ1v) is 5.86. The molecule has 0 spiro atoms. The molecule has 0 radical (unpaired) electrons. The van der Waals surface area contributed by atoms with Gasteiger partial charge >= 0.3 is 0 Å². The Morgan fingerprint density at radius 1 is 1.69 bits per heavy atom. The SMILES string of the molecule is CC(C)CN(CCC#N)C(=O)c1cnns1. The Hall–Kier alpha value is -1.48. The summed E-state index contributed by atoms with van der Waals surface area (Å²) in [5.74, 6) is 0.294. The summed E-state index contributed by atoms with van der Waals surface area (Å²) in [7, 11) is 0. The predicted molar refractivity (Wildman–Crippen MR) is 60.9 cm³/mol. The zero-order chi connectivity index (χ0) is 12.0. The number of hydrogen-bond donors (Lipinski definition) is 0. The lowest BCUT2D eigenvalue weighted by Crippen LogP contribution is -2.34.